The fourth-order valence-corrected chi connectivity index (χ4v) is 5.18. The third-order valence-corrected chi connectivity index (χ3v) is 6.44. The maximum Gasteiger partial charge on any atom is 0.162 e. The van der Waals surface area contributed by atoms with Crippen LogP contribution >= 0.6 is 0 Å². The molecule has 0 atom stereocenters. The van der Waals surface area contributed by atoms with Gasteiger partial charge in [-0.3, -0.25) is 0 Å². The largest absolute Gasteiger partial charge is 0.457 e. The summed E-state index contributed by atoms with van der Waals surface area (Å²) in [7, 11) is 0.409. The normalized spacial score (nSPS) is 15.3. The molecule has 108 valence electrons. The average Bonchev–Trinajstić information content (AvgIpc) is 3.01. The molecule has 1 heterocycles. The number of benzene rings is 2. The molecule has 0 bridgehead atoms. The molecule has 0 aliphatic carbocycles. The Labute approximate surface area is 129 Å². The summed E-state index contributed by atoms with van der Waals surface area (Å²) in [5, 5.41) is 2.51. The van der Waals surface area contributed by atoms with Crippen molar-refractivity contribution >= 4 is 21.7 Å². The maximum atomic E-state index is 5.92. The van der Waals surface area contributed by atoms with Crippen molar-refractivity contribution in [2.75, 3.05) is 11.5 Å². The van der Waals surface area contributed by atoms with E-state index in [4.69, 9.17) is 4.74 Å². The van der Waals surface area contributed by atoms with Crippen molar-refractivity contribution < 1.29 is 4.74 Å². The highest BCUT2D eigenvalue weighted by atomic mass is 32.2. The Balaban J connectivity index is 2.06. The molecule has 0 radical (unpaired) electrons. The molecule has 2 aromatic carbocycles. The van der Waals surface area contributed by atoms with Gasteiger partial charge in [0.1, 0.15) is 23.0 Å². The van der Waals surface area contributed by atoms with Gasteiger partial charge in [-0.1, -0.05) is 31.4 Å². The molecule has 1 aliphatic rings. The van der Waals surface area contributed by atoms with Crippen molar-refractivity contribution in [3.63, 3.8) is 0 Å². The lowest BCUT2D eigenvalue weighted by Crippen LogP contribution is -2.05. The van der Waals surface area contributed by atoms with Crippen LogP contribution in [0, 0.1) is 0 Å². The monoisotopic (exact) mass is 297 g/mol. The lowest BCUT2D eigenvalue weighted by Gasteiger charge is -2.12. The highest BCUT2D eigenvalue weighted by Gasteiger charge is 2.29. The van der Waals surface area contributed by atoms with Gasteiger partial charge in [-0.05, 0) is 43.5 Å². The molecule has 21 heavy (non-hydrogen) atoms. The summed E-state index contributed by atoms with van der Waals surface area (Å²) >= 11 is 0. The number of hydrogen-bond donors (Lipinski definition) is 0. The minimum atomic E-state index is 0.409. The predicted molar refractivity (Wildman–Crippen MR) is 93.1 cm³/mol. The molecule has 1 saturated heterocycles. The first kappa shape index (κ1) is 14.3. The van der Waals surface area contributed by atoms with Crippen molar-refractivity contribution in [2.45, 2.75) is 24.7 Å². The summed E-state index contributed by atoms with van der Waals surface area (Å²) in [6.07, 6.45) is 2.73. The smallest absolute Gasteiger partial charge is 0.162 e. The van der Waals surface area contributed by atoms with Gasteiger partial charge in [0.15, 0.2) is 4.90 Å². The molecule has 0 spiro atoms. The van der Waals surface area contributed by atoms with Crippen LogP contribution in [-0.4, -0.2) is 11.5 Å². The second kappa shape index (κ2) is 5.98. The van der Waals surface area contributed by atoms with Crippen molar-refractivity contribution in [3.05, 3.63) is 60.9 Å². The van der Waals surface area contributed by atoms with Crippen LogP contribution in [0.4, 0.5) is 0 Å². The molecule has 0 N–H and O–H groups in total. The zero-order valence-corrected chi connectivity index (χ0v) is 13.3. The molecule has 0 saturated carbocycles. The summed E-state index contributed by atoms with van der Waals surface area (Å²) in [6, 6.07) is 12.9. The summed E-state index contributed by atoms with van der Waals surface area (Å²) in [5.74, 6) is 4.19. The Bertz CT molecular complexity index is 696. The summed E-state index contributed by atoms with van der Waals surface area (Å²) in [6.45, 7) is 9.74. The Morgan fingerprint density at radius 1 is 1.00 bits per heavy atom. The Morgan fingerprint density at radius 3 is 2.33 bits per heavy atom. The number of fused-ring (bicyclic) bond motifs is 1. The highest BCUT2D eigenvalue weighted by Crippen LogP contribution is 2.35. The van der Waals surface area contributed by atoms with Crippen LogP contribution in [0.3, 0.4) is 0 Å². The van der Waals surface area contributed by atoms with E-state index in [1.54, 1.807) is 0 Å². The van der Waals surface area contributed by atoms with Crippen molar-refractivity contribution in [1.29, 1.82) is 0 Å². The summed E-state index contributed by atoms with van der Waals surface area (Å²) in [5.41, 5.74) is 0.862. The molecular weight excluding hydrogens is 276 g/mol. The minimum Gasteiger partial charge on any atom is -0.457 e. The summed E-state index contributed by atoms with van der Waals surface area (Å²) < 4.78 is 5.92. The second-order valence-corrected chi connectivity index (χ2v) is 7.76. The van der Waals surface area contributed by atoms with Gasteiger partial charge < -0.3 is 4.74 Å². The fourth-order valence-electron chi connectivity index (χ4n) is 2.68. The fraction of sp³-hybridized carbons (Fsp3) is 0.263. The van der Waals surface area contributed by atoms with Crippen LogP contribution in [0.15, 0.2) is 65.8 Å². The van der Waals surface area contributed by atoms with Gasteiger partial charge in [-0.15, -0.1) is 0 Å². The van der Waals surface area contributed by atoms with E-state index in [1.165, 1.54) is 40.0 Å². The Kier molecular flexibility index (Phi) is 4.07. The van der Waals surface area contributed by atoms with Gasteiger partial charge in [-0.25, -0.2) is 0 Å². The number of ether oxygens (including phenoxy) is 1. The first-order valence-electron chi connectivity index (χ1n) is 7.38. The molecule has 2 heteroatoms. The second-order valence-electron chi connectivity index (χ2n) is 5.52. The van der Waals surface area contributed by atoms with Gasteiger partial charge >= 0.3 is 0 Å². The molecule has 0 amide bonds. The van der Waals surface area contributed by atoms with Crippen molar-refractivity contribution in [3.8, 4) is 5.75 Å². The van der Waals surface area contributed by atoms with E-state index in [9.17, 15) is 0 Å². The zero-order chi connectivity index (χ0) is 14.8. The van der Waals surface area contributed by atoms with Gasteiger partial charge in [0.25, 0.3) is 0 Å². The third kappa shape index (κ3) is 2.86. The van der Waals surface area contributed by atoms with E-state index in [0.29, 0.717) is 16.7 Å². The lowest BCUT2D eigenvalue weighted by atomic mass is 10.1. The first-order valence-corrected chi connectivity index (χ1v) is 8.95. The van der Waals surface area contributed by atoms with Gasteiger partial charge in [0, 0.05) is 21.7 Å². The van der Waals surface area contributed by atoms with Crippen LogP contribution in [0.5, 0.6) is 5.75 Å². The quantitative estimate of drug-likeness (QED) is 0.434. The first-order chi connectivity index (χ1) is 10.2. The lowest BCUT2D eigenvalue weighted by molar-refractivity contribution is 0.444. The molecule has 1 aliphatic heterocycles. The van der Waals surface area contributed by atoms with E-state index >= 15 is 0 Å². The molecular formula is C19H21OS+. The third-order valence-electron chi connectivity index (χ3n) is 3.90. The summed E-state index contributed by atoms with van der Waals surface area (Å²) in [4.78, 5) is 1.50. The highest BCUT2D eigenvalue weighted by molar-refractivity contribution is 7.97. The van der Waals surface area contributed by atoms with Crippen LogP contribution in [0.1, 0.15) is 19.8 Å². The number of allylic oxidation sites excluding steroid dienone is 1. The van der Waals surface area contributed by atoms with E-state index in [1.807, 2.05) is 6.92 Å². The Hall–Kier alpha value is -1.67. The average molecular weight is 297 g/mol. The van der Waals surface area contributed by atoms with Crippen LogP contribution in [0.2, 0.25) is 0 Å². The van der Waals surface area contributed by atoms with E-state index in [2.05, 4.69) is 49.6 Å². The van der Waals surface area contributed by atoms with Crippen molar-refractivity contribution in [1.82, 2.24) is 0 Å². The van der Waals surface area contributed by atoms with E-state index in [-0.39, 0.29) is 0 Å². The van der Waals surface area contributed by atoms with Crippen LogP contribution in [0.25, 0.3) is 10.8 Å². The molecule has 2 aromatic rings. The standard InChI is InChI=1S/C19H21OS/c1-14(2)15(3)20-18-10-11-19(21-12-6-7-13-21)17-9-5-4-8-16(17)18/h4-5,8-11H,1,3,6-7,12-13H2,2H3/q+1. The zero-order valence-electron chi connectivity index (χ0n) is 12.5. The van der Waals surface area contributed by atoms with E-state index < -0.39 is 0 Å². The van der Waals surface area contributed by atoms with E-state index in [0.717, 1.165) is 11.3 Å². The molecule has 1 nitrogen and oxygen atoms in total. The van der Waals surface area contributed by atoms with Gasteiger partial charge in [0.2, 0.25) is 0 Å². The van der Waals surface area contributed by atoms with Crippen LogP contribution < -0.4 is 4.74 Å². The number of rotatable bonds is 4. The molecule has 1 fully saturated rings. The van der Waals surface area contributed by atoms with Gasteiger partial charge in [0.05, 0.1) is 0 Å². The SMILES string of the molecule is C=C(C)C(=C)Oc1ccc([S+]2CCCC2)c2ccccc12. The maximum absolute atomic E-state index is 5.92. The topological polar surface area (TPSA) is 9.23 Å². The van der Waals surface area contributed by atoms with Gasteiger partial charge in [-0.2, -0.15) is 0 Å². The van der Waals surface area contributed by atoms with Crippen molar-refractivity contribution in [2.24, 2.45) is 0 Å². The Morgan fingerprint density at radius 2 is 1.67 bits per heavy atom. The predicted octanol–water partition coefficient (Wildman–Crippen LogP) is 5.08. The minimum absolute atomic E-state index is 0.409. The number of hydrogen-bond acceptors (Lipinski definition) is 1. The molecule has 0 unspecified atom stereocenters. The van der Waals surface area contributed by atoms with Crippen LogP contribution in [-0.2, 0) is 10.9 Å². The molecule has 3 rings (SSSR count). The molecule has 0 aromatic heterocycles.